The number of thioether (sulfide) groups is 1. The molecule has 1 aliphatic rings. The highest BCUT2D eigenvalue weighted by atomic mass is 32.2. The molecule has 30 heavy (non-hydrogen) atoms. The highest BCUT2D eigenvalue weighted by Crippen LogP contribution is 2.37. The smallest absolute Gasteiger partial charge is 0.378 e. The number of carbonyl (C=O) groups excluding carboxylic acids is 1. The SMILES string of the molecule is CN(C)c1ccc(NC(=O)c2cc(S(=O)(=O)N3CCSCC3)c[nH]2)c(C(F)(F)F)c1. The number of carbonyl (C=O) groups is 1. The van der Waals surface area contributed by atoms with Gasteiger partial charge >= 0.3 is 6.18 Å². The van der Waals surface area contributed by atoms with E-state index in [9.17, 15) is 26.4 Å². The number of anilines is 2. The van der Waals surface area contributed by atoms with Crippen LogP contribution in [0.3, 0.4) is 0 Å². The lowest BCUT2D eigenvalue weighted by Gasteiger charge is -2.24. The lowest BCUT2D eigenvalue weighted by Crippen LogP contribution is -2.37. The predicted octanol–water partition coefficient (Wildman–Crippen LogP) is 3.09. The van der Waals surface area contributed by atoms with Gasteiger partial charge in [-0.2, -0.15) is 29.2 Å². The molecule has 0 atom stereocenters. The number of hydrogen-bond acceptors (Lipinski definition) is 5. The molecule has 0 radical (unpaired) electrons. The maximum atomic E-state index is 13.4. The van der Waals surface area contributed by atoms with Crippen LogP contribution in [0, 0.1) is 0 Å². The van der Waals surface area contributed by atoms with Gasteiger partial charge in [0.1, 0.15) is 10.6 Å². The van der Waals surface area contributed by atoms with E-state index in [4.69, 9.17) is 0 Å². The lowest BCUT2D eigenvalue weighted by molar-refractivity contribution is -0.136. The number of aromatic nitrogens is 1. The van der Waals surface area contributed by atoms with Gasteiger partial charge in [0.2, 0.25) is 10.0 Å². The Morgan fingerprint density at radius 2 is 1.87 bits per heavy atom. The number of H-pyrrole nitrogens is 1. The zero-order chi connectivity index (χ0) is 22.1. The molecular weight excluding hydrogens is 441 g/mol. The van der Waals surface area contributed by atoms with Crippen molar-refractivity contribution in [2.45, 2.75) is 11.1 Å². The number of sulfonamides is 1. The maximum Gasteiger partial charge on any atom is 0.418 e. The second-order valence-electron chi connectivity index (χ2n) is 6.84. The molecular formula is C18H21F3N4O3S2. The summed E-state index contributed by atoms with van der Waals surface area (Å²) in [5, 5.41) is 2.22. The second kappa shape index (κ2) is 8.52. The third-order valence-corrected chi connectivity index (χ3v) is 7.40. The van der Waals surface area contributed by atoms with Gasteiger partial charge in [0.05, 0.1) is 11.3 Å². The molecule has 0 unspecified atom stereocenters. The van der Waals surface area contributed by atoms with Crippen LogP contribution in [-0.2, 0) is 16.2 Å². The summed E-state index contributed by atoms with van der Waals surface area (Å²) in [6.45, 7) is 0.736. The Balaban J connectivity index is 1.84. The average molecular weight is 463 g/mol. The number of alkyl halides is 3. The fraction of sp³-hybridized carbons (Fsp3) is 0.389. The topological polar surface area (TPSA) is 85.5 Å². The summed E-state index contributed by atoms with van der Waals surface area (Å²) in [5.74, 6) is 0.495. The van der Waals surface area contributed by atoms with Crippen LogP contribution >= 0.6 is 11.8 Å². The van der Waals surface area contributed by atoms with Crippen LogP contribution in [0.2, 0.25) is 0 Å². The lowest BCUT2D eigenvalue weighted by atomic mass is 10.1. The first-order chi connectivity index (χ1) is 14.0. The van der Waals surface area contributed by atoms with E-state index in [1.54, 1.807) is 25.9 Å². The number of benzene rings is 1. The monoisotopic (exact) mass is 462 g/mol. The Labute approximate surface area is 176 Å². The van der Waals surface area contributed by atoms with Crippen molar-refractivity contribution in [1.82, 2.24) is 9.29 Å². The Morgan fingerprint density at radius 1 is 1.20 bits per heavy atom. The van der Waals surface area contributed by atoms with Gasteiger partial charge in [-0.25, -0.2) is 8.42 Å². The number of amides is 1. The fourth-order valence-electron chi connectivity index (χ4n) is 2.93. The number of halogens is 3. The molecule has 7 nitrogen and oxygen atoms in total. The minimum absolute atomic E-state index is 0.0986. The highest BCUT2D eigenvalue weighted by Gasteiger charge is 2.35. The van der Waals surface area contributed by atoms with Gasteiger partial charge in [-0.1, -0.05) is 0 Å². The van der Waals surface area contributed by atoms with Gasteiger partial charge in [-0.3, -0.25) is 4.79 Å². The van der Waals surface area contributed by atoms with E-state index in [2.05, 4.69) is 10.3 Å². The van der Waals surface area contributed by atoms with Crippen LogP contribution in [0.1, 0.15) is 16.1 Å². The van der Waals surface area contributed by atoms with Crippen LogP contribution in [0.25, 0.3) is 0 Å². The van der Waals surface area contributed by atoms with Gasteiger partial charge in [0, 0.05) is 50.6 Å². The fourth-order valence-corrected chi connectivity index (χ4v) is 5.50. The number of rotatable bonds is 5. The van der Waals surface area contributed by atoms with Gasteiger partial charge in [0.15, 0.2) is 0 Å². The van der Waals surface area contributed by atoms with E-state index in [-0.39, 0.29) is 10.6 Å². The van der Waals surface area contributed by atoms with Gasteiger partial charge in [-0.05, 0) is 24.3 Å². The number of nitrogens with one attached hydrogen (secondary N) is 2. The molecule has 0 bridgehead atoms. The van der Waals surface area contributed by atoms with Crippen LogP contribution in [0.15, 0.2) is 35.4 Å². The summed E-state index contributed by atoms with van der Waals surface area (Å²) in [5.41, 5.74) is -1.23. The highest BCUT2D eigenvalue weighted by molar-refractivity contribution is 7.99. The molecule has 2 heterocycles. The molecule has 1 aromatic heterocycles. The molecule has 0 aliphatic carbocycles. The molecule has 1 aromatic carbocycles. The zero-order valence-corrected chi connectivity index (χ0v) is 17.9. The Hall–Kier alpha value is -2.18. The minimum atomic E-state index is -4.68. The Bertz CT molecular complexity index is 1030. The van der Waals surface area contributed by atoms with Gasteiger partial charge < -0.3 is 15.2 Å². The Kier molecular flexibility index (Phi) is 6.39. The summed E-state index contributed by atoms with van der Waals surface area (Å²) in [4.78, 5) is 16.5. The minimum Gasteiger partial charge on any atom is -0.378 e. The second-order valence-corrected chi connectivity index (χ2v) is 10.0. The van der Waals surface area contributed by atoms with Crippen molar-refractivity contribution < 1.29 is 26.4 Å². The summed E-state index contributed by atoms with van der Waals surface area (Å²) in [7, 11) is -0.557. The standard InChI is InChI=1S/C18H21F3N4O3S2/c1-24(2)12-3-4-15(14(9-12)18(19,20)21)23-17(26)16-10-13(11-22-16)30(27,28)25-5-7-29-8-6-25/h3-4,9-11,22H,5-8H2,1-2H3,(H,23,26). The molecule has 1 saturated heterocycles. The molecule has 0 spiro atoms. The quantitative estimate of drug-likeness (QED) is 0.713. The third-order valence-electron chi connectivity index (χ3n) is 4.58. The van der Waals surface area contributed by atoms with Crippen LogP contribution in [0.4, 0.5) is 24.5 Å². The average Bonchev–Trinajstić information content (AvgIpc) is 3.19. The number of hydrogen-bond donors (Lipinski definition) is 2. The summed E-state index contributed by atoms with van der Waals surface area (Å²) >= 11 is 1.65. The predicted molar refractivity (Wildman–Crippen MR) is 111 cm³/mol. The zero-order valence-electron chi connectivity index (χ0n) is 16.3. The molecule has 1 amide bonds. The van der Waals surface area contributed by atoms with Gasteiger partial charge in [0.25, 0.3) is 5.91 Å². The van der Waals surface area contributed by atoms with Crippen LogP contribution in [0.5, 0.6) is 0 Å². The molecule has 2 aromatic rings. The van der Waals surface area contributed by atoms with E-state index in [1.807, 2.05) is 0 Å². The van der Waals surface area contributed by atoms with Crippen molar-refractivity contribution >= 4 is 39.1 Å². The molecule has 3 rings (SSSR count). The number of aromatic amines is 1. The first-order valence-corrected chi connectivity index (χ1v) is 11.6. The largest absolute Gasteiger partial charge is 0.418 e. The van der Waals surface area contributed by atoms with E-state index >= 15 is 0 Å². The molecule has 0 saturated carbocycles. The molecule has 12 heteroatoms. The summed E-state index contributed by atoms with van der Waals surface area (Å²) in [6.07, 6.45) is -3.50. The van der Waals surface area contributed by atoms with Crippen molar-refractivity contribution in [3.05, 3.63) is 41.7 Å². The van der Waals surface area contributed by atoms with Crippen molar-refractivity contribution in [3.63, 3.8) is 0 Å². The van der Waals surface area contributed by atoms with Crippen molar-refractivity contribution in [2.24, 2.45) is 0 Å². The van der Waals surface area contributed by atoms with Crippen LogP contribution < -0.4 is 10.2 Å². The summed E-state index contributed by atoms with van der Waals surface area (Å²) in [6, 6.07) is 4.69. The third kappa shape index (κ3) is 4.76. The molecule has 1 aliphatic heterocycles. The van der Waals surface area contributed by atoms with Crippen molar-refractivity contribution in [1.29, 1.82) is 0 Å². The normalized spacial score (nSPS) is 15.8. The number of nitrogens with zero attached hydrogens (tertiary/aromatic N) is 2. The van der Waals surface area contributed by atoms with Crippen molar-refractivity contribution in [3.8, 4) is 0 Å². The summed E-state index contributed by atoms with van der Waals surface area (Å²) < 4.78 is 67.0. The Morgan fingerprint density at radius 3 is 2.47 bits per heavy atom. The first-order valence-electron chi connectivity index (χ1n) is 8.96. The van der Waals surface area contributed by atoms with Crippen molar-refractivity contribution in [2.75, 3.05) is 48.9 Å². The van der Waals surface area contributed by atoms with E-state index in [1.165, 1.54) is 27.5 Å². The van der Waals surface area contributed by atoms with E-state index < -0.39 is 33.4 Å². The maximum absolute atomic E-state index is 13.4. The molecule has 1 fully saturated rings. The van der Waals surface area contributed by atoms with Crippen LogP contribution in [-0.4, -0.2) is 62.3 Å². The van der Waals surface area contributed by atoms with E-state index in [0.717, 1.165) is 12.1 Å². The van der Waals surface area contributed by atoms with E-state index in [0.29, 0.717) is 30.3 Å². The van der Waals surface area contributed by atoms with Gasteiger partial charge in [-0.15, -0.1) is 0 Å². The molecule has 164 valence electrons. The first kappa shape index (κ1) is 22.5. The molecule has 2 N–H and O–H groups in total.